The van der Waals surface area contributed by atoms with Crippen molar-refractivity contribution in [3.63, 3.8) is 0 Å². The van der Waals surface area contributed by atoms with Gasteiger partial charge in [-0.1, -0.05) is 30.3 Å². The number of furan rings is 1. The highest BCUT2D eigenvalue weighted by molar-refractivity contribution is 5.91. The molecule has 1 N–H and O–H groups in total. The van der Waals surface area contributed by atoms with Crippen LogP contribution in [-0.2, 0) is 19.7 Å². The third-order valence-corrected chi connectivity index (χ3v) is 4.45. The molecule has 28 heavy (non-hydrogen) atoms. The second-order valence-electron chi connectivity index (χ2n) is 6.45. The summed E-state index contributed by atoms with van der Waals surface area (Å²) >= 11 is 0. The van der Waals surface area contributed by atoms with E-state index >= 15 is 0 Å². The van der Waals surface area contributed by atoms with Gasteiger partial charge in [-0.2, -0.15) is 5.10 Å². The molecule has 0 atom stereocenters. The van der Waals surface area contributed by atoms with E-state index in [0.29, 0.717) is 12.3 Å². The van der Waals surface area contributed by atoms with Crippen molar-refractivity contribution in [3.8, 4) is 5.75 Å². The molecular formula is C22H21N3O3. The Morgan fingerprint density at radius 2 is 2.00 bits per heavy atom. The largest absolute Gasteiger partial charge is 0.486 e. The van der Waals surface area contributed by atoms with E-state index in [1.165, 1.54) is 0 Å². The molecule has 142 valence electrons. The molecule has 2 aromatic carbocycles. The number of nitrogens with one attached hydrogen (secondary N) is 1. The normalized spacial score (nSPS) is 10.9. The Balaban J connectivity index is 1.33. The van der Waals surface area contributed by atoms with Gasteiger partial charge in [0.2, 0.25) is 0 Å². The van der Waals surface area contributed by atoms with Crippen LogP contribution in [0, 0.1) is 0 Å². The number of carbonyl (C=O) groups is 1. The van der Waals surface area contributed by atoms with E-state index in [1.807, 2.05) is 54.2 Å². The minimum absolute atomic E-state index is 0.259. The van der Waals surface area contributed by atoms with Crippen LogP contribution in [-0.4, -0.2) is 15.7 Å². The molecule has 0 radical (unpaired) electrons. The fourth-order valence-corrected chi connectivity index (χ4v) is 2.93. The number of aryl methyl sites for hydroxylation is 1. The average Bonchev–Trinajstić information content (AvgIpc) is 3.40. The maximum absolute atomic E-state index is 12.3. The number of aromatic nitrogens is 2. The maximum atomic E-state index is 12.3. The van der Waals surface area contributed by atoms with Crippen molar-refractivity contribution >= 4 is 16.7 Å². The van der Waals surface area contributed by atoms with Crippen LogP contribution >= 0.6 is 0 Å². The lowest BCUT2D eigenvalue weighted by molar-refractivity contribution is 0.0919. The van der Waals surface area contributed by atoms with E-state index in [0.717, 1.165) is 28.6 Å². The monoisotopic (exact) mass is 375 g/mol. The number of hydrogen-bond acceptors (Lipinski definition) is 4. The summed E-state index contributed by atoms with van der Waals surface area (Å²) in [4.78, 5) is 12.3. The van der Waals surface area contributed by atoms with E-state index < -0.39 is 0 Å². The molecule has 0 bridgehead atoms. The van der Waals surface area contributed by atoms with Gasteiger partial charge in [0.1, 0.15) is 18.1 Å². The van der Waals surface area contributed by atoms with Crippen LogP contribution in [0.15, 0.2) is 71.4 Å². The van der Waals surface area contributed by atoms with Gasteiger partial charge in [0, 0.05) is 24.8 Å². The van der Waals surface area contributed by atoms with Crippen molar-refractivity contribution in [1.82, 2.24) is 15.1 Å². The van der Waals surface area contributed by atoms with Gasteiger partial charge in [-0.3, -0.25) is 9.48 Å². The number of carbonyl (C=O) groups excluding carboxylic acids is 1. The number of fused-ring (bicyclic) bond motifs is 1. The van der Waals surface area contributed by atoms with Crippen LogP contribution in [0.3, 0.4) is 0 Å². The van der Waals surface area contributed by atoms with Crippen molar-refractivity contribution in [2.75, 3.05) is 0 Å². The van der Waals surface area contributed by atoms with Crippen molar-refractivity contribution in [2.45, 2.75) is 26.6 Å². The molecule has 1 amide bonds. The minimum atomic E-state index is -0.263. The van der Waals surface area contributed by atoms with E-state index in [2.05, 4.69) is 16.5 Å². The molecule has 2 aromatic heterocycles. The standard InChI is InChI=1S/C22H21N3O3/c1-2-25-14-16(13-24-25)12-23-22(26)21-10-9-20(28-21)15-27-19-8-7-17-5-3-4-6-18(17)11-19/h3-11,13-14H,2,12,15H2,1H3,(H,23,26). The molecule has 0 saturated heterocycles. The fraction of sp³-hybridized carbons (Fsp3) is 0.182. The lowest BCUT2D eigenvalue weighted by atomic mass is 10.1. The van der Waals surface area contributed by atoms with Gasteiger partial charge >= 0.3 is 0 Å². The lowest BCUT2D eigenvalue weighted by Gasteiger charge is -2.06. The zero-order valence-electron chi connectivity index (χ0n) is 15.6. The minimum Gasteiger partial charge on any atom is -0.486 e. The predicted molar refractivity (Wildman–Crippen MR) is 106 cm³/mol. The second-order valence-corrected chi connectivity index (χ2v) is 6.45. The van der Waals surface area contributed by atoms with E-state index in [9.17, 15) is 4.79 Å². The van der Waals surface area contributed by atoms with Gasteiger partial charge in [-0.25, -0.2) is 0 Å². The lowest BCUT2D eigenvalue weighted by Crippen LogP contribution is -2.22. The summed E-state index contributed by atoms with van der Waals surface area (Å²) < 4.78 is 13.2. The van der Waals surface area contributed by atoms with E-state index in [4.69, 9.17) is 9.15 Å². The van der Waals surface area contributed by atoms with Gasteiger partial charge in [0.15, 0.2) is 5.76 Å². The third kappa shape index (κ3) is 4.06. The average molecular weight is 375 g/mol. The molecule has 6 nitrogen and oxygen atoms in total. The predicted octanol–water partition coefficient (Wildman–Crippen LogP) is 4.16. The Hall–Kier alpha value is -3.54. The Morgan fingerprint density at radius 3 is 2.82 bits per heavy atom. The molecule has 0 saturated carbocycles. The Kier molecular flexibility index (Phi) is 5.10. The maximum Gasteiger partial charge on any atom is 0.287 e. The summed E-state index contributed by atoms with van der Waals surface area (Å²) in [7, 11) is 0. The van der Waals surface area contributed by atoms with Gasteiger partial charge in [-0.15, -0.1) is 0 Å². The summed E-state index contributed by atoms with van der Waals surface area (Å²) in [5.74, 6) is 1.35. The molecule has 0 unspecified atom stereocenters. The molecular weight excluding hydrogens is 354 g/mol. The molecule has 0 fully saturated rings. The Morgan fingerprint density at radius 1 is 1.14 bits per heavy atom. The number of benzene rings is 2. The Bertz CT molecular complexity index is 1100. The van der Waals surface area contributed by atoms with Crippen LogP contribution in [0.25, 0.3) is 10.8 Å². The van der Waals surface area contributed by atoms with Gasteiger partial charge in [0.25, 0.3) is 5.91 Å². The molecule has 0 aliphatic rings. The highest BCUT2D eigenvalue weighted by Crippen LogP contribution is 2.21. The highest BCUT2D eigenvalue weighted by atomic mass is 16.5. The summed E-state index contributed by atoms with van der Waals surface area (Å²) in [6, 6.07) is 17.5. The molecule has 4 rings (SSSR count). The number of rotatable bonds is 7. The quantitative estimate of drug-likeness (QED) is 0.527. The fourth-order valence-electron chi connectivity index (χ4n) is 2.93. The highest BCUT2D eigenvalue weighted by Gasteiger charge is 2.12. The van der Waals surface area contributed by atoms with Crippen LogP contribution in [0.4, 0.5) is 0 Å². The van der Waals surface area contributed by atoms with Crippen LogP contribution in [0.2, 0.25) is 0 Å². The van der Waals surface area contributed by atoms with Crippen molar-refractivity contribution < 1.29 is 13.9 Å². The molecule has 0 aliphatic carbocycles. The van der Waals surface area contributed by atoms with Crippen LogP contribution in [0.1, 0.15) is 28.8 Å². The van der Waals surface area contributed by atoms with Gasteiger partial charge in [0.05, 0.1) is 6.20 Å². The topological polar surface area (TPSA) is 69.3 Å². The first-order valence-corrected chi connectivity index (χ1v) is 9.21. The Labute approximate surface area is 162 Å². The molecule has 2 heterocycles. The first kappa shape index (κ1) is 17.9. The number of amides is 1. The molecule has 4 aromatic rings. The van der Waals surface area contributed by atoms with Crippen LogP contribution in [0.5, 0.6) is 5.75 Å². The summed E-state index contributed by atoms with van der Waals surface area (Å²) in [5.41, 5.74) is 0.946. The summed E-state index contributed by atoms with van der Waals surface area (Å²) in [6.07, 6.45) is 3.65. The second kappa shape index (κ2) is 8.00. The van der Waals surface area contributed by atoms with Gasteiger partial charge in [-0.05, 0) is 42.0 Å². The third-order valence-electron chi connectivity index (χ3n) is 4.45. The van der Waals surface area contributed by atoms with E-state index in [-0.39, 0.29) is 18.3 Å². The zero-order chi connectivity index (χ0) is 19.3. The first-order valence-electron chi connectivity index (χ1n) is 9.21. The number of ether oxygens (including phenoxy) is 1. The summed E-state index contributed by atoms with van der Waals surface area (Å²) in [5, 5.41) is 9.30. The molecule has 0 aliphatic heterocycles. The van der Waals surface area contributed by atoms with Crippen molar-refractivity contribution in [3.05, 3.63) is 84.1 Å². The first-order chi connectivity index (χ1) is 13.7. The molecule has 6 heteroatoms. The smallest absolute Gasteiger partial charge is 0.287 e. The SMILES string of the molecule is CCn1cc(CNC(=O)c2ccc(COc3ccc4ccccc4c3)o2)cn1. The van der Waals surface area contributed by atoms with Crippen LogP contribution < -0.4 is 10.1 Å². The van der Waals surface area contributed by atoms with Crippen molar-refractivity contribution in [2.24, 2.45) is 0 Å². The summed E-state index contributed by atoms with van der Waals surface area (Å²) in [6.45, 7) is 3.48. The molecule has 0 spiro atoms. The van der Waals surface area contributed by atoms with Crippen molar-refractivity contribution in [1.29, 1.82) is 0 Å². The zero-order valence-corrected chi connectivity index (χ0v) is 15.6. The van der Waals surface area contributed by atoms with Gasteiger partial charge < -0.3 is 14.5 Å². The van der Waals surface area contributed by atoms with E-state index in [1.54, 1.807) is 18.3 Å². The number of hydrogen-bond donors (Lipinski definition) is 1. The number of nitrogens with zero attached hydrogens (tertiary/aromatic N) is 2.